The maximum atomic E-state index is 12.9. The van der Waals surface area contributed by atoms with Crippen molar-refractivity contribution in [2.45, 2.75) is 85.2 Å². The zero-order chi connectivity index (χ0) is 37.9. The van der Waals surface area contributed by atoms with Crippen LogP contribution in [0.3, 0.4) is 0 Å². The van der Waals surface area contributed by atoms with E-state index in [-0.39, 0.29) is 94.7 Å². The van der Waals surface area contributed by atoms with Crippen LogP contribution in [0.15, 0.2) is 60.7 Å². The molecule has 0 saturated heterocycles. The molecule has 2 aliphatic carbocycles. The van der Waals surface area contributed by atoms with Crippen molar-refractivity contribution >= 4 is 51.4 Å². The second-order valence-corrected chi connectivity index (χ2v) is 13.9. The predicted molar refractivity (Wildman–Crippen MR) is 215 cm³/mol. The number of carbonyl (C=O) groups excluding carboxylic acids is 5. The summed E-state index contributed by atoms with van der Waals surface area (Å²) in [5.74, 6) is -1.38. The lowest BCUT2D eigenvalue weighted by Gasteiger charge is -2.31. The van der Waals surface area contributed by atoms with Crippen molar-refractivity contribution in [1.82, 2.24) is 30.4 Å². The number of ether oxygens (including phenoxy) is 1. The normalized spacial score (nSPS) is 19.1. The molecule has 4 atom stereocenters. The number of hydrogen-bond acceptors (Lipinski definition) is 7. The van der Waals surface area contributed by atoms with Crippen molar-refractivity contribution in [2.24, 2.45) is 25.9 Å². The molecule has 0 bridgehead atoms. The summed E-state index contributed by atoms with van der Waals surface area (Å²) in [7, 11) is 3.75. The molecule has 0 aliphatic heterocycles. The Morgan fingerprint density at radius 2 is 1.09 bits per heavy atom. The summed E-state index contributed by atoms with van der Waals surface area (Å²) in [6.07, 6.45) is 7.00. The first kappa shape index (κ1) is 44.2. The maximum Gasteiger partial charge on any atom is 0.302 e. The van der Waals surface area contributed by atoms with Gasteiger partial charge in [-0.1, -0.05) is 76.9 Å². The molecule has 2 saturated carbocycles. The summed E-state index contributed by atoms with van der Waals surface area (Å²) in [6.45, 7) is 1.94. The third-order valence-corrected chi connectivity index (χ3v) is 10.3. The molecule has 13 heteroatoms. The number of carbonyl (C=O) groups is 5. The van der Waals surface area contributed by atoms with Gasteiger partial charge >= 0.3 is 5.97 Å². The highest BCUT2D eigenvalue weighted by atomic mass is 16.5. The van der Waals surface area contributed by atoms with Gasteiger partial charge in [-0.05, 0) is 49.9 Å². The lowest BCUT2D eigenvalue weighted by Crippen LogP contribution is -2.49. The first-order chi connectivity index (χ1) is 25.6. The van der Waals surface area contributed by atoms with Crippen LogP contribution in [-0.2, 0) is 33.2 Å². The molecule has 2 aromatic heterocycles. The van der Waals surface area contributed by atoms with Crippen LogP contribution in [0.5, 0.6) is 0 Å². The number of esters is 1. The molecule has 13 nitrogen and oxygen atoms in total. The van der Waals surface area contributed by atoms with Crippen molar-refractivity contribution < 1.29 is 33.8 Å². The summed E-state index contributed by atoms with van der Waals surface area (Å²) in [5.41, 5.74) is 3.19. The van der Waals surface area contributed by atoms with Crippen LogP contribution >= 0.6 is 0 Å². The molecule has 2 aromatic carbocycles. The van der Waals surface area contributed by atoms with Gasteiger partial charge in [-0.25, -0.2) is 0 Å². The molecule has 0 radical (unpaired) electrons. The number of amides is 4. The standard InChI is InChI=1S/C21H27N3O4.C19H25N3O3.2CH4/c1-14(25)28-12-11-22-20(26)16-8-4-5-9-17(16)23-21(27)19-13-15-7-3-6-10-18(15)24(19)2;1-22-16-9-5-2-6-13(16)12-17(22)19(25)21-15-8-4-3-7-14(15)18(24)20-10-11-23;;/h3,6-7,10,13,16-17H,4-5,8-9,11-12H2,1-2H3,(H,22,26)(H,23,27);2,5-6,9,12,14-15,23H,3-4,7-8,10-11H2,1H3,(H,20,24)(H,21,25);2*1H4/t16-,17+;14-,15+;;/m11../s1. The topological polar surface area (TPSA) is 173 Å². The highest BCUT2D eigenvalue weighted by Crippen LogP contribution is 2.27. The van der Waals surface area contributed by atoms with Crippen LogP contribution in [0.25, 0.3) is 21.8 Å². The van der Waals surface area contributed by atoms with E-state index in [1.165, 1.54) is 6.92 Å². The number of para-hydroxylation sites is 2. The van der Waals surface area contributed by atoms with Crippen molar-refractivity contribution in [3.05, 3.63) is 72.1 Å². The molecule has 0 unspecified atom stereocenters. The average Bonchev–Trinajstić information content (AvgIpc) is 3.69. The predicted octanol–water partition coefficient (Wildman–Crippen LogP) is 4.99. The minimum absolute atomic E-state index is 0. The van der Waals surface area contributed by atoms with Crippen molar-refractivity contribution in [3.8, 4) is 0 Å². The van der Waals surface area contributed by atoms with Crippen LogP contribution in [0, 0.1) is 11.8 Å². The van der Waals surface area contributed by atoms with Gasteiger partial charge in [-0.3, -0.25) is 24.0 Å². The van der Waals surface area contributed by atoms with Gasteiger partial charge in [0.25, 0.3) is 11.8 Å². The number of rotatable bonds is 11. The van der Waals surface area contributed by atoms with Crippen LogP contribution < -0.4 is 21.3 Å². The van der Waals surface area contributed by atoms with Gasteiger partial charge < -0.3 is 40.2 Å². The molecule has 2 heterocycles. The van der Waals surface area contributed by atoms with Crippen LogP contribution in [-0.4, -0.2) is 82.2 Å². The van der Waals surface area contributed by atoms with Gasteiger partial charge in [0, 0.05) is 61.5 Å². The Balaban J connectivity index is 0.000000287. The highest BCUT2D eigenvalue weighted by molar-refractivity contribution is 6.00. The molecule has 0 spiro atoms. The van der Waals surface area contributed by atoms with Crippen molar-refractivity contribution in [1.29, 1.82) is 0 Å². The van der Waals surface area contributed by atoms with E-state index in [0.717, 1.165) is 73.2 Å². The van der Waals surface area contributed by atoms with E-state index >= 15 is 0 Å². The van der Waals surface area contributed by atoms with Gasteiger partial charge in [0.05, 0.1) is 25.0 Å². The molecular weight excluding hydrogens is 700 g/mol. The van der Waals surface area contributed by atoms with E-state index < -0.39 is 0 Å². The average molecular weight is 761 g/mol. The molecule has 5 N–H and O–H groups in total. The SMILES string of the molecule is C.C.CC(=O)OCCNC(=O)[C@@H]1CCCC[C@@H]1NC(=O)c1cc2ccccc2n1C.Cn1c(C(=O)N[C@H]2CCCC[C@H]2C(=O)NCCO)cc2ccccc21. The number of nitrogens with zero attached hydrogens (tertiary/aromatic N) is 2. The molecule has 4 amide bonds. The van der Waals surface area contributed by atoms with Gasteiger partial charge in [0.1, 0.15) is 18.0 Å². The van der Waals surface area contributed by atoms with E-state index in [1.54, 1.807) is 0 Å². The summed E-state index contributed by atoms with van der Waals surface area (Å²) in [6, 6.07) is 19.1. The molecule has 55 heavy (non-hydrogen) atoms. The zero-order valence-electron chi connectivity index (χ0n) is 30.9. The van der Waals surface area contributed by atoms with Gasteiger partial charge in [-0.15, -0.1) is 0 Å². The third kappa shape index (κ3) is 11.2. The maximum absolute atomic E-state index is 12.9. The smallest absolute Gasteiger partial charge is 0.302 e. The second kappa shape index (κ2) is 21.1. The van der Waals surface area contributed by atoms with E-state index in [2.05, 4.69) is 21.3 Å². The lowest BCUT2D eigenvalue weighted by atomic mass is 9.83. The Hall–Kier alpha value is -5.17. The molecule has 6 rings (SSSR count). The monoisotopic (exact) mass is 760 g/mol. The Kier molecular flexibility index (Phi) is 16.9. The van der Waals surface area contributed by atoms with Gasteiger partial charge in [0.2, 0.25) is 11.8 Å². The molecule has 4 aromatic rings. The Labute approximate surface area is 324 Å². The van der Waals surface area contributed by atoms with E-state index in [9.17, 15) is 24.0 Å². The van der Waals surface area contributed by atoms with Crippen molar-refractivity contribution in [3.63, 3.8) is 0 Å². The zero-order valence-corrected chi connectivity index (χ0v) is 30.9. The van der Waals surface area contributed by atoms with Crippen molar-refractivity contribution in [2.75, 3.05) is 26.3 Å². The highest BCUT2D eigenvalue weighted by Gasteiger charge is 2.34. The minimum Gasteiger partial charge on any atom is -0.464 e. The molecule has 300 valence electrons. The fourth-order valence-corrected chi connectivity index (χ4v) is 7.54. The third-order valence-electron chi connectivity index (χ3n) is 10.3. The van der Waals surface area contributed by atoms with E-state index in [0.29, 0.717) is 11.4 Å². The molecular formula is C42H60N6O7. The number of aliphatic hydroxyl groups is 1. The first-order valence-corrected chi connectivity index (χ1v) is 18.6. The number of benzene rings is 2. The summed E-state index contributed by atoms with van der Waals surface area (Å²) < 4.78 is 8.60. The van der Waals surface area contributed by atoms with Crippen LogP contribution in [0.1, 0.15) is 94.1 Å². The number of aromatic nitrogens is 2. The summed E-state index contributed by atoms with van der Waals surface area (Å²) in [5, 5.41) is 22.6. The Morgan fingerprint density at radius 3 is 1.51 bits per heavy atom. The number of nitrogens with one attached hydrogen (secondary N) is 4. The number of fused-ring (bicyclic) bond motifs is 2. The fourth-order valence-electron chi connectivity index (χ4n) is 7.54. The minimum atomic E-state index is -0.369. The fraction of sp³-hybridized carbons (Fsp3) is 0.500. The van der Waals surface area contributed by atoms with Gasteiger partial charge in [0.15, 0.2) is 0 Å². The quantitative estimate of drug-likeness (QED) is 0.106. The van der Waals surface area contributed by atoms with Gasteiger partial charge in [-0.2, -0.15) is 0 Å². The summed E-state index contributed by atoms with van der Waals surface area (Å²) >= 11 is 0. The summed E-state index contributed by atoms with van der Waals surface area (Å²) in [4.78, 5) is 61.4. The largest absolute Gasteiger partial charge is 0.464 e. The second-order valence-electron chi connectivity index (χ2n) is 13.9. The number of hydrogen-bond donors (Lipinski definition) is 5. The van der Waals surface area contributed by atoms with Crippen LogP contribution in [0.2, 0.25) is 0 Å². The first-order valence-electron chi connectivity index (χ1n) is 18.6. The number of aliphatic hydroxyl groups excluding tert-OH is 1. The number of aryl methyl sites for hydroxylation is 2. The molecule has 2 fully saturated rings. The lowest BCUT2D eigenvalue weighted by molar-refractivity contribution is -0.141. The Bertz CT molecular complexity index is 1920. The van der Waals surface area contributed by atoms with E-state index in [4.69, 9.17) is 9.84 Å². The van der Waals surface area contributed by atoms with Crippen LogP contribution in [0.4, 0.5) is 0 Å². The Morgan fingerprint density at radius 1 is 0.673 bits per heavy atom. The van der Waals surface area contributed by atoms with E-state index in [1.807, 2.05) is 83.9 Å². The molecule has 2 aliphatic rings.